The Morgan fingerprint density at radius 2 is 1.88 bits per heavy atom. The van der Waals surface area contributed by atoms with E-state index in [-0.39, 0.29) is 23.7 Å². The van der Waals surface area contributed by atoms with Crippen molar-refractivity contribution in [2.45, 2.75) is 49.9 Å². The number of rotatable bonds is 4. The lowest BCUT2D eigenvalue weighted by molar-refractivity contribution is -0.137. The summed E-state index contributed by atoms with van der Waals surface area (Å²) < 4.78 is 44.3. The van der Waals surface area contributed by atoms with Crippen LogP contribution in [0.5, 0.6) is 5.88 Å². The second kappa shape index (κ2) is 8.31. The number of aromatic nitrogens is 3. The van der Waals surface area contributed by atoms with Crippen LogP contribution in [-0.4, -0.2) is 69.0 Å². The lowest BCUT2D eigenvalue weighted by Crippen LogP contribution is -2.40. The highest BCUT2D eigenvalue weighted by molar-refractivity contribution is 5.92. The van der Waals surface area contributed by atoms with E-state index in [1.807, 2.05) is 0 Å². The molecule has 2 saturated heterocycles. The summed E-state index contributed by atoms with van der Waals surface area (Å²) in [5, 5.41) is 0. The molecule has 2 atom stereocenters. The average molecular weight is 447 g/mol. The molecule has 5 rings (SSSR count). The van der Waals surface area contributed by atoms with Crippen molar-refractivity contribution in [3.05, 3.63) is 47.7 Å². The molecule has 7 nitrogen and oxygen atoms in total. The second-order valence-corrected chi connectivity index (χ2v) is 8.71. The minimum absolute atomic E-state index is 0.0308. The molecule has 3 aliphatic rings. The zero-order chi connectivity index (χ0) is 22.3. The first-order chi connectivity index (χ1) is 15.4. The summed E-state index contributed by atoms with van der Waals surface area (Å²) in [5.74, 6) is 0.717. The highest BCUT2D eigenvalue weighted by Gasteiger charge is 2.38. The molecule has 0 N–H and O–H groups in total. The Labute approximate surface area is 183 Å². The van der Waals surface area contributed by atoms with Crippen LogP contribution in [0.2, 0.25) is 0 Å². The van der Waals surface area contributed by atoms with Crippen molar-refractivity contribution in [1.29, 1.82) is 0 Å². The first kappa shape index (κ1) is 21.1. The predicted molar refractivity (Wildman–Crippen MR) is 108 cm³/mol. The Kier molecular flexibility index (Phi) is 5.48. The molecule has 2 aromatic rings. The molecule has 0 unspecified atom stereocenters. The quantitative estimate of drug-likeness (QED) is 0.717. The monoisotopic (exact) mass is 447 g/mol. The average Bonchev–Trinajstić information content (AvgIpc) is 3.58. The lowest BCUT2D eigenvalue weighted by atomic mass is 10.1. The summed E-state index contributed by atoms with van der Waals surface area (Å²) in [7, 11) is 0. The van der Waals surface area contributed by atoms with Gasteiger partial charge in [-0.3, -0.25) is 19.7 Å². The second-order valence-electron chi connectivity index (χ2n) is 8.71. The van der Waals surface area contributed by atoms with Crippen LogP contribution in [0.1, 0.15) is 53.3 Å². The molecule has 0 bridgehead atoms. The Bertz CT molecular complexity index is 963. The molecule has 170 valence electrons. The van der Waals surface area contributed by atoms with Gasteiger partial charge in [-0.05, 0) is 31.4 Å². The van der Waals surface area contributed by atoms with Crippen molar-refractivity contribution in [2.24, 2.45) is 0 Å². The summed E-state index contributed by atoms with van der Waals surface area (Å²) in [6, 6.07) is 2.18. The van der Waals surface area contributed by atoms with Crippen molar-refractivity contribution in [3.8, 4) is 5.88 Å². The maximum absolute atomic E-state index is 12.9. The third-order valence-electron chi connectivity index (χ3n) is 6.32. The first-order valence-corrected chi connectivity index (χ1v) is 10.9. The van der Waals surface area contributed by atoms with Crippen molar-refractivity contribution in [2.75, 3.05) is 26.2 Å². The minimum atomic E-state index is -4.47. The van der Waals surface area contributed by atoms with E-state index in [0.717, 1.165) is 43.8 Å². The van der Waals surface area contributed by atoms with Crippen molar-refractivity contribution in [1.82, 2.24) is 24.8 Å². The summed E-state index contributed by atoms with van der Waals surface area (Å²) >= 11 is 0. The van der Waals surface area contributed by atoms with E-state index < -0.39 is 11.7 Å². The van der Waals surface area contributed by atoms with E-state index in [9.17, 15) is 18.0 Å². The van der Waals surface area contributed by atoms with Gasteiger partial charge in [0, 0.05) is 50.8 Å². The fourth-order valence-corrected chi connectivity index (χ4v) is 4.48. The van der Waals surface area contributed by atoms with Gasteiger partial charge in [-0.2, -0.15) is 13.2 Å². The molecule has 1 aliphatic carbocycles. The number of carbonyl (C=O) groups excluding carboxylic acids is 1. The number of halogens is 3. The van der Waals surface area contributed by atoms with Gasteiger partial charge in [-0.25, -0.2) is 4.98 Å². The Morgan fingerprint density at radius 1 is 1.03 bits per heavy atom. The Morgan fingerprint density at radius 3 is 2.53 bits per heavy atom. The number of alkyl halides is 3. The third kappa shape index (κ3) is 4.55. The largest absolute Gasteiger partial charge is 0.472 e. The van der Waals surface area contributed by atoms with E-state index in [2.05, 4.69) is 19.9 Å². The molecular formula is C22H24F3N5O2. The molecule has 32 heavy (non-hydrogen) atoms. The topological polar surface area (TPSA) is 71.5 Å². The maximum atomic E-state index is 12.9. The highest BCUT2D eigenvalue weighted by atomic mass is 19.4. The normalized spacial score (nSPS) is 24.2. The minimum Gasteiger partial charge on any atom is -0.472 e. The van der Waals surface area contributed by atoms with Crippen LogP contribution in [0, 0.1) is 0 Å². The summed E-state index contributed by atoms with van der Waals surface area (Å²) in [6.07, 6.45) is 3.55. The van der Waals surface area contributed by atoms with Gasteiger partial charge in [0.1, 0.15) is 11.8 Å². The summed E-state index contributed by atoms with van der Waals surface area (Å²) in [5.41, 5.74) is 0.187. The van der Waals surface area contributed by atoms with E-state index in [4.69, 9.17) is 4.74 Å². The zero-order valence-electron chi connectivity index (χ0n) is 17.5. The molecule has 1 saturated carbocycles. The smallest absolute Gasteiger partial charge is 0.417 e. The molecule has 0 aromatic carbocycles. The number of nitrogens with zero attached hydrogens (tertiary/aromatic N) is 5. The van der Waals surface area contributed by atoms with Gasteiger partial charge in [0.2, 0.25) is 5.88 Å². The lowest BCUT2D eigenvalue weighted by Gasteiger charge is -2.25. The summed E-state index contributed by atoms with van der Waals surface area (Å²) in [6.45, 7) is 2.63. The van der Waals surface area contributed by atoms with Crippen LogP contribution in [0.15, 0.2) is 30.7 Å². The molecule has 4 heterocycles. The van der Waals surface area contributed by atoms with Gasteiger partial charge in [0.25, 0.3) is 5.91 Å². The number of fused-ring (bicyclic) bond motifs is 1. The van der Waals surface area contributed by atoms with Gasteiger partial charge in [-0.15, -0.1) is 0 Å². The molecule has 2 aromatic heterocycles. The molecule has 0 radical (unpaired) electrons. The molecule has 0 spiro atoms. The van der Waals surface area contributed by atoms with Gasteiger partial charge in [0.05, 0.1) is 23.7 Å². The van der Waals surface area contributed by atoms with Crippen LogP contribution >= 0.6 is 0 Å². The predicted octanol–water partition coefficient (Wildman–Crippen LogP) is 3.14. The van der Waals surface area contributed by atoms with E-state index in [0.29, 0.717) is 31.1 Å². The molecule has 1 amide bonds. The highest BCUT2D eigenvalue weighted by Crippen LogP contribution is 2.38. The van der Waals surface area contributed by atoms with Crippen molar-refractivity contribution < 1.29 is 22.7 Å². The Balaban J connectivity index is 1.20. The number of carbonyl (C=O) groups is 1. The molecule has 10 heteroatoms. The van der Waals surface area contributed by atoms with Gasteiger partial charge in [0.15, 0.2) is 0 Å². The van der Waals surface area contributed by atoms with Gasteiger partial charge >= 0.3 is 6.18 Å². The Hall–Kier alpha value is -2.75. The number of hydrogen-bond donors (Lipinski definition) is 0. The molecule has 2 aliphatic heterocycles. The first-order valence-electron chi connectivity index (χ1n) is 10.9. The van der Waals surface area contributed by atoms with Crippen molar-refractivity contribution >= 4 is 5.91 Å². The fourth-order valence-electron chi connectivity index (χ4n) is 4.48. The van der Waals surface area contributed by atoms with E-state index >= 15 is 0 Å². The fraction of sp³-hybridized carbons (Fsp3) is 0.545. The van der Waals surface area contributed by atoms with Crippen molar-refractivity contribution in [3.63, 3.8) is 0 Å². The maximum Gasteiger partial charge on any atom is 0.417 e. The van der Waals surface area contributed by atoms with Crippen LogP contribution in [0.25, 0.3) is 0 Å². The van der Waals surface area contributed by atoms with E-state index in [1.54, 1.807) is 17.3 Å². The van der Waals surface area contributed by atoms with E-state index in [1.165, 1.54) is 12.8 Å². The summed E-state index contributed by atoms with van der Waals surface area (Å²) in [4.78, 5) is 29.5. The number of ether oxygens (including phenoxy) is 1. The molecular weight excluding hydrogens is 423 g/mol. The van der Waals surface area contributed by atoms with Gasteiger partial charge < -0.3 is 9.64 Å². The number of pyridine rings is 1. The van der Waals surface area contributed by atoms with Crippen LogP contribution < -0.4 is 4.74 Å². The van der Waals surface area contributed by atoms with Gasteiger partial charge in [-0.1, -0.05) is 0 Å². The zero-order valence-corrected chi connectivity index (χ0v) is 17.5. The van der Waals surface area contributed by atoms with Crippen LogP contribution in [0.3, 0.4) is 0 Å². The van der Waals surface area contributed by atoms with Crippen LogP contribution in [0.4, 0.5) is 13.2 Å². The third-order valence-corrected chi connectivity index (χ3v) is 6.32. The molecule has 3 fully saturated rings. The van der Waals surface area contributed by atoms with Crippen LogP contribution in [-0.2, 0) is 6.18 Å². The number of hydrogen-bond acceptors (Lipinski definition) is 6. The number of amides is 1. The SMILES string of the molecule is O=C(c1ccc(C(F)(F)F)cn1)N1CCCN2C[C@@H](Oc3cnc(C4CC4)cn3)C[C@H]2C1. The standard InChI is InChI=1S/C22H24F3N5O2/c23-22(24,25)15-4-5-18(26-9-15)21(31)30-7-1-6-29-13-17(8-16(29)12-30)32-20-11-27-19(10-28-20)14-2-3-14/h4-5,9-11,14,16-17H,1-3,6-8,12-13H2/t16-,17-/m0/s1.